The number of benzene rings is 1. The third kappa shape index (κ3) is 5.81. The Labute approximate surface area is 117 Å². The molecule has 0 aromatic heterocycles. The average Bonchev–Trinajstić information content (AvgIpc) is 2.33. The van der Waals surface area contributed by atoms with Crippen LogP contribution in [-0.2, 0) is 25.8 Å². The van der Waals surface area contributed by atoms with Gasteiger partial charge in [-0.3, -0.25) is 4.84 Å². The first-order valence-corrected chi connectivity index (χ1v) is 6.16. The zero-order valence-corrected chi connectivity index (χ0v) is 11.8. The molecule has 2 N–H and O–H groups in total. The van der Waals surface area contributed by atoms with Crippen LogP contribution < -0.4 is 5.48 Å². The van der Waals surface area contributed by atoms with Gasteiger partial charge in [-0.05, 0) is 26.3 Å². The van der Waals surface area contributed by atoms with Gasteiger partial charge >= 0.3 is 11.9 Å². The maximum Gasteiger partial charge on any atom is 0.337 e. The minimum Gasteiger partial charge on any atom is -0.480 e. The summed E-state index contributed by atoms with van der Waals surface area (Å²) >= 11 is 0. The number of aliphatic carboxylic acids is 1. The van der Waals surface area contributed by atoms with Gasteiger partial charge in [0.2, 0.25) is 6.04 Å². The van der Waals surface area contributed by atoms with E-state index in [9.17, 15) is 9.59 Å². The van der Waals surface area contributed by atoms with Crippen molar-refractivity contribution in [2.24, 2.45) is 0 Å². The number of carbonyl (C=O) groups excluding carboxylic acids is 1. The predicted octanol–water partition coefficient (Wildman–Crippen LogP) is 1.50. The van der Waals surface area contributed by atoms with E-state index in [2.05, 4.69) is 5.48 Å². The van der Waals surface area contributed by atoms with Gasteiger partial charge in [-0.1, -0.05) is 30.3 Å². The Morgan fingerprint density at radius 2 is 1.85 bits per heavy atom. The number of carboxylic acid groups (broad SMARTS) is 1. The monoisotopic (exact) mass is 281 g/mol. The van der Waals surface area contributed by atoms with Gasteiger partial charge in [-0.15, -0.1) is 0 Å². The van der Waals surface area contributed by atoms with Crippen LogP contribution in [0.2, 0.25) is 0 Å². The molecule has 0 heterocycles. The number of hydrogen-bond acceptors (Lipinski definition) is 5. The molecule has 0 amide bonds. The molecule has 1 aromatic rings. The number of hydrogen-bond donors (Lipinski definition) is 2. The molecule has 0 aliphatic rings. The predicted molar refractivity (Wildman–Crippen MR) is 71.6 cm³/mol. The Bertz CT molecular complexity index is 452. The maximum atomic E-state index is 11.7. The van der Waals surface area contributed by atoms with Crippen molar-refractivity contribution in [3.05, 3.63) is 35.9 Å². The van der Waals surface area contributed by atoms with Gasteiger partial charge in [0, 0.05) is 0 Å². The molecule has 1 rings (SSSR count). The van der Waals surface area contributed by atoms with E-state index in [-0.39, 0.29) is 6.61 Å². The molecule has 6 nitrogen and oxygen atoms in total. The van der Waals surface area contributed by atoms with Crippen LogP contribution in [0, 0.1) is 0 Å². The molecule has 0 saturated carbocycles. The first-order chi connectivity index (χ1) is 9.29. The molecule has 1 aromatic carbocycles. The molecule has 0 bridgehead atoms. The average molecular weight is 281 g/mol. The summed E-state index contributed by atoms with van der Waals surface area (Å²) in [5, 5.41) is 8.99. The molecular weight excluding hydrogens is 262 g/mol. The van der Waals surface area contributed by atoms with Gasteiger partial charge in [0.25, 0.3) is 0 Å². The van der Waals surface area contributed by atoms with E-state index in [0.29, 0.717) is 0 Å². The van der Waals surface area contributed by atoms with Crippen LogP contribution >= 0.6 is 0 Å². The van der Waals surface area contributed by atoms with Gasteiger partial charge in [0.05, 0.1) is 6.61 Å². The topological polar surface area (TPSA) is 84.9 Å². The first kappa shape index (κ1) is 16.1. The zero-order chi connectivity index (χ0) is 15.2. The lowest BCUT2D eigenvalue weighted by Crippen LogP contribution is -2.46. The van der Waals surface area contributed by atoms with Crippen molar-refractivity contribution in [1.29, 1.82) is 0 Å². The normalized spacial score (nSPS) is 12.8. The number of hydroxylamine groups is 1. The maximum absolute atomic E-state index is 11.7. The fourth-order valence-corrected chi connectivity index (χ4v) is 1.34. The van der Waals surface area contributed by atoms with Crippen LogP contribution in [-0.4, -0.2) is 28.7 Å². The van der Waals surface area contributed by atoms with Gasteiger partial charge in [0.15, 0.2) is 0 Å². The third-order valence-corrected chi connectivity index (χ3v) is 2.17. The van der Waals surface area contributed by atoms with Crippen LogP contribution in [0.4, 0.5) is 0 Å². The molecule has 0 radical (unpaired) electrons. The van der Waals surface area contributed by atoms with Crippen molar-refractivity contribution in [1.82, 2.24) is 5.48 Å². The Kier molecular flexibility index (Phi) is 5.66. The molecule has 20 heavy (non-hydrogen) atoms. The minimum absolute atomic E-state index is 0.146. The van der Waals surface area contributed by atoms with E-state index in [1.807, 2.05) is 30.3 Å². The number of carboxylic acids is 1. The molecule has 110 valence electrons. The second kappa shape index (κ2) is 7.02. The lowest BCUT2D eigenvalue weighted by Gasteiger charge is -2.22. The number of carbonyl (C=O) groups is 2. The number of rotatable bonds is 6. The van der Waals surface area contributed by atoms with Crippen molar-refractivity contribution >= 4 is 11.9 Å². The van der Waals surface area contributed by atoms with Crippen LogP contribution in [0.3, 0.4) is 0 Å². The van der Waals surface area contributed by atoms with Crippen LogP contribution in [0.5, 0.6) is 0 Å². The van der Waals surface area contributed by atoms with Crippen molar-refractivity contribution in [3.63, 3.8) is 0 Å². The summed E-state index contributed by atoms with van der Waals surface area (Å²) in [6, 6.07) is 7.62. The van der Waals surface area contributed by atoms with E-state index >= 15 is 0 Å². The second-order valence-electron chi connectivity index (χ2n) is 5.20. The summed E-state index contributed by atoms with van der Waals surface area (Å²) in [5.41, 5.74) is 2.31. The number of ether oxygens (including phenoxy) is 1. The molecule has 6 heteroatoms. The molecule has 0 spiro atoms. The Morgan fingerprint density at radius 1 is 1.25 bits per heavy atom. The van der Waals surface area contributed by atoms with E-state index < -0.39 is 23.6 Å². The molecule has 0 fully saturated rings. The number of nitrogens with one attached hydrogen (secondary N) is 1. The fraction of sp³-hybridized carbons (Fsp3) is 0.429. The first-order valence-electron chi connectivity index (χ1n) is 6.16. The van der Waals surface area contributed by atoms with Gasteiger partial charge in [0.1, 0.15) is 5.60 Å². The van der Waals surface area contributed by atoms with E-state index in [4.69, 9.17) is 14.7 Å². The molecule has 1 unspecified atom stereocenters. The van der Waals surface area contributed by atoms with Crippen molar-refractivity contribution < 1.29 is 24.3 Å². The fourth-order valence-electron chi connectivity index (χ4n) is 1.34. The lowest BCUT2D eigenvalue weighted by molar-refractivity contribution is -0.169. The summed E-state index contributed by atoms with van der Waals surface area (Å²) in [6.45, 7) is 5.13. The van der Waals surface area contributed by atoms with Gasteiger partial charge in [-0.2, -0.15) is 5.48 Å². The second-order valence-corrected chi connectivity index (χ2v) is 5.20. The summed E-state index contributed by atoms with van der Waals surface area (Å²) in [7, 11) is 0. The van der Waals surface area contributed by atoms with Crippen molar-refractivity contribution in [3.8, 4) is 0 Å². The van der Waals surface area contributed by atoms with Crippen LogP contribution in [0.15, 0.2) is 30.3 Å². The molecule has 0 aliphatic heterocycles. The highest BCUT2D eigenvalue weighted by atomic mass is 16.7. The van der Waals surface area contributed by atoms with Crippen LogP contribution in [0.1, 0.15) is 26.3 Å². The summed E-state index contributed by atoms with van der Waals surface area (Å²) < 4.78 is 5.00. The quantitative estimate of drug-likeness (QED) is 0.467. The molecule has 0 saturated heterocycles. The lowest BCUT2D eigenvalue weighted by atomic mass is 10.2. The number of esters is 1. The highest BCUT2D eigenvalue weighted by Crippen LogP contribution is 2.09. The molecule has 1 atom stereocenters. The van der Waals surface area contributed by atoms with E-state index in [1.165, 1.54) is 0 Å². The molecule has 0 aliphatic carbocycles. The Balaban J connectivity index is 2.51. The minimum atomic E-state index is -1.56. The highest BCUT2D eigenvalue weighted by molar-refractivity contribution is 5.98. The largest absolute Gasteiger partial charge is 0.480 e. The summed E-state index contributed by atoms with van der Waals surface area (Å²) in [6.07, 6.45) is 0. The van der Waals surface area contributed by atoms with Crippen molar-refractivity contribution in [2.75, 3.05) is 0 Å². The Morgan fingerprint density at radius 3 is 2.35 bits per heavy atom. The third-order valence-electron chi connectivity index (χ3n) is 2.17. The molecular formula is C14H19NO5. The summed E-state index contributed by atoms with van der Waals surface area (Å²) in [5.74, 6) is -2.25. The standard InChI is InChI=1S/C14H19NO5/c1-14(2,3)20-13(18)11(12(16)17)15-19-9-10-7-5-4-6-8-10/h4-8,11,15H,9H2,1-3H3,(H,16,17). The SMILES string of the molecule is CC(C)(C)OC(=O)C(NOCc1ccccc1)C(=O)O. The zero-order valence-electron chi connectivity index (χ0n) is 11.8. The highest BCUT2D eigenvalue weighted by Gasteiger charge is 2.31. The van der Waals surface area contributed by atoms with Crippen LogP contribution in [0.25, 0.3) is 0 Å². The summed E-state index contributed by atoms with van der Waals surface area (Å²) in [4.78, 5) is 27.8. The van der Waals surface area contributed by atoms with E-state index in [0.717, 1.165) is 5.56 Å². The van der Waals surface area contributed by atoms with Gasteiger partial charge < -0.3 is 9.84 Å². The van der Waals surface area contributed by atoms with Crippen molar-refractivity contribution in [2.45, 2.75) is 39.0 Å². The Hall–Kier alpha value is -1.92. The van der Waals surface area contributed by atoms with E-state index in [1.54, 1.807) is 20.8 Å². The smallest absolute Gasteiger partial charge is 0.337 e. The van der Waals surface area contributed by atoms with Gasteiger partial charge in [-0.25, -0.2) is 9.59 Å².